The van der Waals surface area contributed by atoms with E-state index in [0.29, 0.717) is 17.7 Å². The predicted molar refractivity (Wildman–Crippen MR) is 95.2 cm³/mol. The molecule has 1 aliphatic rings. The first kappa shape index (κ1) is 15.6. The number of carbonyl (C=O) groups is 2. The first-order chi connectivity index (χ1) is 12.2. The molecular formula is C20H15NO3S. The van der Waals surface area contributed by atoms with E-state index in [-0.39, 0.29) is 5.91 Å². The van der Waals surface area contributed by atoms with Crippen molar-refractivity contribution in [2.24, 2.45) is 0 Å². The van der Waals surface area contributed by atoms with Gasteiger partial charge in [0.25, 0.3) is 5.91 Å². The number of esters is 1. The molecular weight excluding hydrogens is 334 g/mol. The summed E-state index contributed by atoms with van der Waals surface area (Å²) in [5.41, 5.74) is 1.79. The van der Waals surface area contributed by atoms with E-state index in [4.69, 9.17) is 4.74 Å². The van der Waals surface area contributed by atoms with Gasteiger partial charge in [0.2, 0.25) is 6.23 Å². The van der Waals surface area contributed by atoms with Crippen LogP contribution in [0.15, 0.2) is 72.1 Å². The van der Waals surface area contributed by atoms with Gasteiger partial charge < -0.3 is 4.74 Å². The molecule has 1 aromatic heterocycles. The smallest absolute Gasteiger partial charge is 0.340 e. The molecule has 0 radical (unpaired) electrons. The Bertz CT molecular complexity index is 906. The number of nitrogens with zero attached hydrogens (tertiary/aromatic N) is 1. The van der Waals surface area contributed by atoms with Crippen molar-refractivity contribution in [1.82, 2.24) is 4.90 Å². The number of hydrogen-bond acceptors (Lipinski definition) is 4. The Hall–Kier alpha value is -2.92. The van der Waals surface area contributed by atoms with Crippen LogP contribution in [-0.4, -0.2) is 16.8 Å². The maximum atomic E-state index is 12.8. The number of hydrogen-bond donors (Lipinski definition) is 0. The lowest BCUT2D eigenvalue weighted by Crippen LogP contribution is -2.30. The van der Waals surface area contributed by atoms with Crippen LogP contribution in [0.4, 0.5) is 0 Å². The zero-order chi connectivity index (χ0) is 17.2. The Morgan fingerprint density at radius 3 is 2.52 bits per heavy atom. The second-order valence-electron chi connectivity index (χ2n) is 5.72. The molecule has 5 heteroatoms. The average molecular weight is 349 g/mol. The van der Waals surface area contributed by atoms with Gasteiger partial charge in [-0.05, 0) is 29.6 Å². The molecule has 0 saturated carbocycles. The second-order valence-corrected chi connectivity index (χ2v) is 6.76. The molecule has 25 heavy (non-hydrogen) atoms. The van der Waals surface area contributed by atoms with Crippen LogP contribution < -0.4 is 0 Å². The Labute approximate surface area is 149 Å². The fraction of sp³-hybridized carbons (Fsp3) is 0.100. The standard InChI is InChI=1S/C20H15NO3S/c22-18-16-10-4-5-11-17(16)19(21(18)13-15-9-6-12-25-15)24-20(23)14-7-2-1-3-8-14/h1-12,19H,13H2/t19-/m1/s1. The van der Waals surface area contributed by atoms with Crippen molar-refractivity contribution < 1.29 is 14.3 Å². The van der Waals surface area contributed by atoms with Crippen molar-refractivity contribution >= 4 is 23.2 Å². The predicted octanol–water partition coefficient (Wildman–Crippen LogP) is 4.26. The monoisotopic (exact) mass is 349 g/mol. The molecule has 2 heterocycles. The largest absolute Gasteiger partial charge is 0.433 e. The molecule has 0 aliphatic carbocycles. The van der Waals surface area contributed by atoms with Crippen LogP contribution in [0.3, 0.4) is 0 Å². The third-order valence-electron chi connectivity index (χ3n) is 4.14. The minimum absolute atomic E-state index is 0.116. The van der Waals surface area contributed by atoms with E-state index in [2.05, 4.69) is 0 Å². The second kappa shape index (κ2) is 6.53. The normalized spacial score (nSPS) is 15.9. The van der Waals surface area contributed by atoms with Gasteiger partial charge in [-0.3, -0.25) is 9.69 Å². The van der Waals surface area contributed by atoms with Crippen molar-refractivity contribution in [3.8, 4) is 0 Å². The molecule has 0 saturated heterocycles. The van der Waals surface area contributed by atoms with Crippen LogP contribution in [-0.2, 0) is 11.3 Å². The molecule has 1 atom stereocenters. The average Bonchev–Trinajstić information content (AvgIpc) is 3.25. The molecule has 2 aromatic carbocycles. The number of ether oxygens (including phenoxy) is 1. The van der Waals surface area contributed by atoms with Gasteiger partial charge in [0.05, 0.1) is 12.1 Å². The summed E-state index contributed by atoms with van der Waals surface area (Å²) in [6.45, 7) is 0.415. The highest BCUT2D eigenvalue weighted by atomic mass is 32.1. The molecule has 3 aromatic rings. The summed E-state index contributed by atoms with van der Waals surface area (Å²) in [6.07, 6.45) is -0.710. The minimum atomic E-state index is -0.710. The minimum Gasteiger partial charge on any atom is -0.433 e. The van der Waals surface area contributed by atoms with Crippen molar-refractivity contribution in [3.63, 3.8) is 0 Å². The van der Waals surface area contributed by atoms with E-state index < -0.39 is 12.2 Å². The van der Waals surface area contributed by atoms with E-state index in [1.165, 1.54) is 0 Å². The highest BCUT2D eigenvalue weighted by Crippen LogP contribution is 2.36. The van der Waals surface area contributed by atoms with Crippen molar-refractivity contribution in [1.29, 1.82) is 0 Å². The zero-order valence-electron chi connectivity index (χ0n) is 13.3. The lowest BCUT2D eigenvalue weighted by molar-refractivity contribution is -0.0208. The van der Waals surface area contributed by atoms with E-state index in [0.717, 1.165) is 10.4 Å². The number of fused-ring (bicyclic) bond motifs is 1. The molecule has 0 bridgehead atoms. The van der Waals surface area contributed by atoms with Crippen LogP contribution in [0.2, 0.25) is 0 Å². The lowest BCUT2D eigenvalue weighted by atomic mass is 10.1. The summed E-state index contributed by atoms with van der Waals surface area (Å²) in [5, 5.41) is 1.97. The molecule has 1 amide bonds. The van der Waals surface area contributed by atoms with Crippen LogP contribution in [0.25, 0.3) is 0 Å². The van der Waals surface area contributed by atoms with Gasteiger partial charge in [0.1, 0.15) is 0 Å². The molecule has 0 fully saturated rings. The van der Waals surface area contributed by atoms with E-state index in [1.807, 2.05) is 41.8 Å². The zero-order valence-corrected chi connectivity index (χ0v) is 14.1. The Morgan fingerprint density at radius 1 is 1.00 bits per heavy atom. The molecule has 0 N–H and O–H groups in total. The highest BCUT2D eigenvalue weighted by molar-refractivity contribution is 7.09. The fourth-order valence-corrected chi connectivity index (χ4v) is 3.63. The third kappa shape index (κ3) is 2.94. The lowest BCUT2D eigenvalue weighted by Gasteiger charge is -2.24. The summed E-state index contributed by atoms with van der Waals surface area (Å²) >= 11 is 1.57. The topological polar surface area (TPSA) is 46.6 Å². The summed E-state index contributed by atoms with van der Waals surface area (Å²) in [4.78, 5) is 28.0. The molecule has 0 unspecified atom stereocenters. The van der Waals surface area contributed by atoms with Gasteiger partial charge in [-0.25, -0.2) is 4.79 Å². The molecule has 4 rings (SSSR count). The van der Waals surface area contributed by atoms with E-state index in [1.54, 1.807) is 46.6 Å². The maximum Gasteiger partial charge on any atom is 0.340 e. The quantitative estimate of drug-likeness (QED) is 0.661. The summed E-state index contributed by atoms with van der Waals surface area (Å²) in [6, 6.07) is 20.0. The summed E-state index contributed by atoms with van der Waals surface area (Å²) < 4.78 is 5.73. The third-order valence-corrected chi connectivity index (χ3v) is 5.00. The Balaban J connectivity index is 1.66. The van der Waals surface area contributed by atoms with Gasteiger partial charge in [-0.1, -0.05) is 42.5 Å². The van der Waals surface area contributed by atoms with Crippen LogP contribution in [0.5, 0.6) is 0 Å². The van der Waals surface area contributed by atoms with Crippen molar-refractivity contribution in [3.05, 3.63) is 93.7 Å². The van der Waals surface area contributed by atoms with Gasteiger partial charge in [0, 0.05) is 16.0 Å². The van der Waals surface area contributed by atoms with Crippen molar-refractivity contribution in [2.45, 2.75) is 12.8 Å². The first-order valence-electron chi connectivity index (χ1n) is 7.92. The Morgan fingerprint density at radius 2 is 1.76 bits per heavy atom. The number of thiophene rings is 1. The van der Waals surface area contributed by atoms with Gasteiger partial charge >= 0.3 is 5.97 Å². The van der Waals surface area contributed by atoms with Gasteiger partial charge in [-0.2, -0.15) is 0 Å². The van der Waals surface area contributed by atoms with Crippen LogP contribution in [0, 0.1) is 0 Å². The van der Waals surface area contributed by atoms with E-state index in [9.17, 15) is 9.59 Å². The van der Waals surface area contributed by atoms with Crippen LogP contribution >= 0.6 is 11.3 Å². The molecule has 124 valence electrons. The first-order valence-corrected chi connectivity index (χ1v) is 8.80. The number of amides is 1. The maximum absolute atomic E-state index is 12.8. The van der Waals surface area contributed by atoms with E-state index >= 15 is 0 Å². The van der Waals surface area contributed by atoms with Crippen molar-refractivity contribution in [2.75, 3.05) is 0 Å². The van der Waals surface area contributed by atoms with Crippen LogP contribution in [0.1, 0.15) is 37.4 Å². The fourth-order valence-electron chi connectivity index (χ4n) is 2.93. The summed E-state index contributed by atoms with van der Waals surface area (Å²) in [7, 11) is 0. The van der Waals surface area contributed by atoms with Gasteiger partial charge in [-0.15, -0.1) is 11.3 Å². The molecule has 4 nitrogen and oxygen atoms in total. The van der Waals surface area contributed by atoms with Gasteiger partial charge in [0.15, 0.2) is 0 Å². The number of rotatable bonds is 4. The number of benzene rings is 2. The molecule has 0 spiro atoms. The number of carbonyl (C=O) groups excluding carboxylic acids is 2. The summed E-state index contributed by atoms with van der Waals surface area (Å²) in [5.74, 6) is -0.554. The highest BCUT2D eigenvalue weighted by Gasteiger charge is 2.39. The Kier molecular flexibility index (Phi) is 4.07. The SMILES string of the molecule is O=C(O[C@@H]1c2ccccc2C(=O)N1Cc1cccs1)c1ccccc1. The molecule has 1 aliphatic heterocycles.